The third-order valence-corrected chi connectivity index (χ3v) is 10.8. The molecule has 3 nitrogen and oxygen atoms in total. The van der Waals surface area contributed by atoms with Crippen molar-refractivity contribution >= 4 is 39.8 Å². The zero-order valence-electron chi connectivity index (χ0n) is 26.2. The summed E-state index contributed by atoms with van der Waals surface area (Å²) in [5, 5.41) is 2.45. The molecule has 0 bridgehead atoms. The lowest BCUT2D eigenvalue weighted by atomic mass is 9.81. The van der Waals surface area contributed by atoms with E-state index in [2.05, 4.69) is 145 Å². The van der Waals surface area contributed by atoms with Gasteiger partial charge >= 0.3 is 0 Å². The fraction of sp³-hybridized carbons (Fsp3) is 0.0698. The Hall–Kier alpha value is -5.45. The molecule has 1 aromatic heterocycles. The molecular weight excluding hydrogens is 591 g/mol. The Labute approximate surface area is 279 Å². The Morgan fingerprint density at radius 3 is 2.04 bits per heavy atom. The van der Waals surface area contributed by atoms with Crippen molar-refractivity contribution in [1.82, 2.24) is 9.29 Å². The summed E-state index contributed by atoms with van der Waals surface area (Å²) in [5.41, 5.74) is 14.3. The average molecular weight is 622 g/mol. The van der Waals surface area contributed by atoms with E-state index in [0.29, 0.717) is 0 Å². The Morgan fingerprint density at radius 1 is 0.638 bits per heavy atom. The van der Waals surface area contributed by atoms with Crippen LogP contribution in [0.5, 0.6) is 0 Å². The van der Waals surface area contributed by atoms with Gasteiger partial charge in [0.2, 0.25) is 0 Å². The molecule has 0 radical (unpaired) electrons. The van der Waals surface area contributed by atoms with Crippen molar-refractivity contribution < 1.29 is 0 Å². The molecule has 224 valence electrons. The summed E-state index contributed by atoms with van der Waals surface area (Å²) in [5.74, 6) is 0.889. The van der Waals surface area contributed by atoms with Crippen molar-refractivity contribution in [3.63, 3.8) is 0 Å². The second-order valence-electron chi connectivity index (χ2n) is 12.9. The molecule has 0 spiro atoms. The molecule has 9 rings (SSSR count). The number of aromatic nitrogens is 1. The number of amidine groups is 1. The molecule has 3 heterocycles. The topological polar surface area (TPSA) is 28.5 Å². The highest BCUT2D eigenvalue weighted by atomic mass is 32.2. The van der Waals surface area contributed by atoms with Crippen LogP contribution in [-0.4, -0.2) is 15.1 Å². The standard InChI is InChI=1S/C43H31N3S/c1-27-36-8-4-5-9-41(36)47-46-26-35(16-19-42(46)45-27)31-13-12-28-21-30(11-10-29(28)22-31)32-14-17-37-38-18-15-33(34-7-6-20-44-25-34)24-40(38)43(2,3)39(37)23-32/h4-26H,1H2,2-3H3. The average Bonchev–Trinajstić information content (AvgIpc) is 3.23. The Balaban J connectivity index is 1.02. The number of hydrogen-bond acceptors (Lipinski definition) is 4. The van der Waals surface area contributed by atoms with E-state index in [1.807, 2.05) is 24.5 Å². The lowest BCUT2D eigenvalue weighted by Crippen LogP contribution is -2.18. The first kappa shape index (κ1) is 27.8. The maximum atomic E-state index is 4.81. The van der Waals surface area contributed by atoms with Crippen molar-refractivity contribution in [3.8, 4) is 33.4 Å². The normalized spacial score (nSPS) is 15.7. The van der Waals surface area contributed by atoms with Gasteiger partial charge in [-0.3, -0.25) is 9.29 Å². The molecule has 3 aliphatic rings. The van der Waals surface area contributed by atoms with Crippen LogP contribution >= 0.6 is 11.9 Å². The molecule has 2 aliphatic heterocycles. The third kappa shape index (κ3) is 4.59. The zero-order valence-corrected chi connectivity index (χ0v) is 27.1. The van der Waals surface area contributed by atoms with Gasteiger partial charge in [0.25, 0.3) is 0 Å². The fourth-order valence-corrected chi connectivity index (χ4v) is 8.12. The molecule has 0 unspecified atom stereocenters. The molecule has 0 atom stereocenters. The minimum absolute atomic E-state index is 0.0998. The van der Waals surface area contributed by atoms with Crippen molar-refractivity contribution in [1.29, 1.82) is 0 Å². The van der Waals surface area contributed by atoms with E-state index in [1.54, 1.807) is 11.9 Å². The van der Waals surface area contributed by atoms with Gasteiger partial charge in [0.15, 0.2) is 0 Å². The molecule has 0 fully saturated rings. The second-order valence-corrected chi connectivity index (χ2v) is 13.9. The van der Waals surface area contributed by atoms with E-state index in [0.717, 1.165) is 33.1 Å². The van der Waals surface area contributed by atoms with Gasteiger partial charge in [-0.2, -0.15) is 0 Å². The first-order valence-electron chi connectivity index (χ1n) is 15.9. The van der Waals surface area contributed by atoms with Crippen LogP contribution in [0.2, 0.25) is 0 Å². The molecule has 0 saturated carbocycles. The van der Waals surface area contributed by atoms with Crippen molar-refractivity contribution in [2.45, 2.75) is 24.2 Å². The number of aliphatic imine (C=N–C) groups is 1. The second kappa shape index (κ2) is 10.5. The van der Waals surface area contributed by atoms with Crippen LogP contribution in [0.25, 0.3) is 55.4 Å². The molecule has 0 amide bonds. The molecule has 0 N–H and O–H groups in total. The van der Waals surface area contributed by atoms with Gasteiger partial charge in [0, 0.05) is 34.5 Å². The summed E-state index contributed by atoms with van der Waals surface area (Å²) in [6.07, 6.45) is 10.2. The van der Waals surface area contributed by atoms with E-state index in [9.17, 15) is 0 Å². The fourth-order valence-electron chi connectivity index (χ4n) is 7.13. The monoisotopic (exact) mass is 621 g/mol. The predicted octanol–water partition coefficient (Wildman–Crippen LogP) is 11.2. The van der Waals surface area contributed by atoms with Crippen LogP contribution in [0.15, 0.2) is 156 Å². The van der Waals surface area contributed by atoms with E-state index in [-0.39, 0.29) is 5.41 Å². The number of pyridine rings is 1. The van der Waals surface area contributed by atoms with Gasteiger partial charge in [-0.1, -0.05) is 93.2 Å². The summed E-state index contributed by atoms with van der Waals surface area (Å²) in [4.78, 5) is 10.3. The van der Waals surface area contributed by atoms with Crippen molar-refractivity contribution in [2.75, 3.05) is 0 Å². The lowest BCUT2D eigenvalue weighted by molar-refractivity contribution is 0.661. The van der Waals surface area contributed by atoms with Crippen LogP contribution in [0.3, 0.4) is 0 Å². The Kier molecular flexibility index (Phi) is 6.24. The summed E-state index contributed by atoms with van der Waals surface area (Å²) in [6, 6.07) is 39.9. The Morgan fingerprint density at radius 2 is 1.30 bits per heavy atom. The number of rotatable bonds is 3. The Bertz CT molecular complexity index is 2380. The number of fused-ring (bicyclic) bond motifs is 6. The first-order chi connectivity index (χ1) is 22.9. The highest BCUT2D eigenvalue weighted by Crippen LogP contribution is 2.50. The summed E-state index contributed by atoms with van der Waals surface area (Å²) in [6.45, 7) is 8.90. The van der Waals surface area contributed by atoms with Crippen molar-refractivity contribution in [3.05, 3.63) is 169 Å². The number of hydrogen-bond donors (Lipinski definition) is 0. The smallest absolute Gasteiger partial charge is 0.143 e. The SMILES string of the molecule is C=C1N=C2C=CC(c3ccc4cc(-c5ccc6c(c5)C(C)(C)c5cc(-c7cccnc7)ccc5-6)ccc4c3)=CN2Sc2ccccc21. The molecule has 1 aliphatic carbocycles. The van der Waals surface area contributed by atoms with E-state index >= 15 is 0 Å². The van der Waals surface area contributed by atoms with Crippen LogP contribution < -0.4 is 0 Å². The summed E-state index contributed by atoms with van der Waals surface area (Å²) < 4.78 is 2.15. The minimum Gasteiger partial charge on any atom is -0.271 e. The van der Waals surface area contributed by atoms with E-state index in [4.69, 9.17) is 4.99 Å². The van der Waals surface area contributed by atoms with E-state index < -0.39 is 0 Å². The van der Waals surface area contributed by atoms with Crippen LogP contribution in [0, 0.1) is 0 Å². The van der Waals surface area contributed by atoms with Gasteiger partial charge in [-0.05, 0) is 127 Å². The third-order valence-electron chi connectivity index (χ3n) is 9.72. The van der Waals surface area contributed by atoms with Crippen LogP contribution in [-0.2, 0) is 5.41 Å². The minimum atomic E-state index is -0.0998. The summed E-state index contributed by atoms with van der Waals surface area (Å²) >= 11 is 1.68. The molecular formula is C43H31N3S. The van der Waals surface area contributed by atoms with E-state index in [1.165, 1.54) is 55.3 Å². The van der Waals surface area contributed by atoms with Gasteiger partial charge in [-0.15, -0.1) is 0 Å². The molecule has 6 aromatic rings. The summed E-state index contributed by atoms with van der Waals surface area (Å²) in [7, 11) is 0. The van der Waals surface area contributed by atoms with Gasteiger partial charge < -0.3 is 0 Å². The van der Waals surface area contributed by atoms with Gasteiger partial charge in [0.1, 0.15) is 5.84 Å². The number of nitrogens with zero attached hydrogens (tertiary/aromatic N) is 3. The van der Waals surface area contributed by atoms with Crippen molar-refractivity contribution in [2.24, 2.45) is 4.99 Å². The molecule has 4 heteroatoms. The van der Waals surface area contributed by atoms with Gasteiger partial charge in [0.05, 0.1) is 5.70 Å². The first-order valence-corrected chi connectivity index (χ1v) is 16.7. The maximum Gasteiger partial charge on any atom is 0.143 e. The molecule has 47 heavy (non-hydrogen) atoms. The predicted molar refractivity (Wildman–Crippen MR) is 198 cm³/mol. The van der Waals surface area contributed by atoms with Gasteiger partial charge in [-0.25, -0.2) is 4.99 Å². The van der Waals surface area contributed by atoms with Crippen LogP contribution in [0.4, 0.5) is 0 Å². The molecule has 5 aromatic carbocycles. The molecule has 0 saturated heterocycles. The maximum absolute atomic E-state index is 4.81. The number of allylic oxidation sites excluding steroid dienone is 2. The highest BCUT2D eigenvalue weighted by Gasteiger charge is 2.36. The zero-order chi connectivity index (χ0) is 31.7. The largest absolute Gasteiger partial charge is 0.271 e. The highest BCUT2D eigenvalue weighted by molar-refractivity contribution is 7.97. The quantitative estimate of drug-likeness (QED) is 0.184. The van der Waals surface area contributed by atoms with Crippen LogP contribution in [0.1, 0.15) is 36.1 Å². The number of benzene rings is 5. The lowest BCUT2D eigenvalue weighted by Gasteiger charge is -2.23.